The smallest absolute Gasteiger partial charge is 0.373 e. The molecule has 0 N–H and O–H groups in total. The van der Waals surface area contributed by atoms with E-state index in [-0.39, 0.29) is 6.32 Å². The lowest BCUT2D eigenvalue weighted by Gasteiger charge is -1.92. The van der Waals surface area contributed by atoms with Gasteiger partial charge in [-0.25, -0.2) is 4.79 Å². The Morgan fingerprint density at radius 1 is 1.56 bits per heavy atom. The SMILES string of the molecule is C[B]CC(=O)C(=O)OC. The van der Waals surface area contributed by atoms with Gasteiger partial charge in [0, 0.05) is 0 Å². The maximum absolute atomic E-state index is 10.5. The van der Waals surface area contributed by atoms with Gasteiger partial charge in [-0.3, -0.25) is 4.79 Å². The third-order valence-corrected chi connectivity index (χ3v) is 0.803. The summed E-state index contributed by atoms with van der Waals surface area (Å²) in [6.07, 6.45) is 0.159. The number of Topliss-reactive ketones (excluding diaryl/α,β-unsaturated/α-hetero) is 1. The van der Waals surface area contributed by atoms with Crippen LogP contribution in [0.4, 0.5) is 0 Å². The van der Waals surface area contributed by atoms with Crippen LogP contribution < -0.4 is 0 Å². The Kier molecular flexibility index (Phi) is 3.76. The van der Waals surface area contributed by atoms with Crippen molar-refractivity contribution < 1.29 is 14.3 Å². The van der Waals surface area contributed by atoms with Gasteiger partial charge in [-0.15, -0.1) is 0 Å². The molecule has 0 aliphatic rings. The first-order valence-corrected chi connectivity index (χ1v) is 2.61. The van der Waals surface area contributed by atoms with Gasteiger partial charge in [0.1, 0.15) is 7.28 Å². The fourth-order valence-electron chi connectivity index (χ4n) is 0.383. The molecular weight excluding hydrogens is 119 g/mol. The van der Waals surface area contributed by atoms with Crippen molar-refractivity contribution in [2.75, 3.05) is 7.11 Å². The lowest BCUT2D eigenvalue weighted by atomic mass is 9.76. The molecule has 0 saturated heterocycles. The number of rotatable bonds is 3. The van der Waals surface area contributed by atoms with Gasteiger partial charge in [0.15, 0.2) is 0 Å². The predicted molar refractivity (Wildman–Crippen MR) is 33.4 cm³/mol. The van der Waals surface area contributed by atoms with Crippen LogP contribution in [0.15, 0.2) is 0 Å². The minimum Gasteiger partial charge on any atom is -0.463 e. The Hall–Kier alpha value is -0.795. The number of methoxy groups -OCH3 is 1. The largest absolute Gasteiger partial charge is 0.463 e. The monoisotopic (exact) mass is 127 g/mol. The first-order valence-electron chi connectivity index (χ1n) is 2.61. The summed E-state index contributed by atoms with van der Waals surface area (Å²) >= 11 is 0. The molecule has 0 aliphatic heterocycles. The molecule has 0 heterocycles. The van der Waals surface area contributed by atoms with Crippen LogP contribution in [0.1, 0.15) is 0 Å². The normalized spacial score (nSPS) is 8.22. The van der Waals surface area contributed by atoms with Crippen LogP contribution in [-0.4, -0.2) is 26.1 Å². The molecule has 3 nitrogen and oxygen atoms in total. The van der Waals surface area contributed by atoms with Crippen molar-refractivity contribution >= 4 is 19.0 Å². The molecule has 0 unspecified atom stereocenters. The molecule has 0 bridgehead atoms. The predicted octanol–water partition coefficient (Wildman–Crippen LogP) is -0.101. The van der Waals surface area contributed by atoms with Crippen molar-refractivity contribution in [3.05, 3.63) is 0 Å². The highest BCUT2D eigenvalue weighted by Gasteiger charge is 2.10. The molecule has 4 heteroatoms. The van der Waals surface area contributed by atoms with Gasteiger partial charge in [0.2, 0.25) is 5.78 Å². The number of carbonyl (C=O) groups is 2. The van der Waals surface area contributed by atoms with E-state index in [4.69, 9.17) is 0 Å². The van der Waals surface area contributed by atoms with Crippen LogP contribution in [0, 0.1) is 0 Å². The number of esters is 1. The minimum atomic E-state index is -0.770. The molecule has 9 heavy (non-hydrogen) atoms. The molecule has 0 atom stereocenters. The lowest BCUT2D eigenvalue weighted by Crippen LogP contribution is -2.15. The zero-order valence-electron chi connectivity index (χ0n) is 5.51. The zero-order valence-corrected chi connectivity index (χ0v) is 5.51. The summed E-state index contributed by atoms with van der Waals surface area (Å²) in [6.45, 7) is 1.71. The van der Waals surface area contributed by atoms with Crippen molar-refractivity contribution in [1.82, 2.24) is 0 Å². The van der Waals surface area contributed by atoms with Crippen molar-refractivity contribution in [3.8, 4) is 0 Å². The quantitative estimate of drug-likeness (QED) is 0.302. The second-order valence-electron chi connectivity index (χ2n) is 1.53. The average molecular weight is 127 g/mol. The molecule has 0 aromatic rings. The topological polar surface area (TPSA) is 43.4 Å². The highest BCUT2D eigenvalue weighted by atomic mass is 16.5. The van der Waals surface area contributed by atoms with Crippen LogP contribution in [0.5, 0.6) is 0 Å². The Labute approximate surface area is 54.6 Å². The molecule has 0 aliphatic carbocycles. The van der Waals surface area contributed by atoms with Crippen molar-refractivity contribution in [3.63, 3.8) is 0 Å². The molecule has 0 aromatic carbocycles. The zero-order chi connectivity index (χ0) is 7.28. The number of hydrogen-bond donors (Lipinski definition) is 0. The summed E-state index contributed by atoms with van der Waals surface area (Å²) in [5, 5.41) is 0. The fourth-order valence-corrected chi connectivity index (χ4v) is 0.383. The van der Waals surface area contributed by atoms with Crippen LogP contribution in [0.3, 0.4) is 0 Å². The molecule has 0 amide bonds. The van der Waals surface area contributed by atoms with Crippen molar-refractivity contribution in [2.24, 2.45) is 0 Å². The first-order chi connectivity index (χ1) is 4.22. The molecule has 0 rings (SSSR count). The highest BCUT2D eigenvalue weighted by molar-refractivity contribution is 6.50. The standard InChI is InChI=1S/C5H8BO3/c1-6-3-4(7)5(8)9-2/h3H2,1-2H3. The average Bonchev–Trinajstić information content (AvgIpc) is 1.87. The van der Waals surface area contributed by atoms with Crippen LogP contribution in [-0.2, 0) is 14.3 Å². The van der Waals surface area contributed by atoms with E-state index in [1.54, 1.807) is 14.1 Å². The van der Waals surface area contributed by atoms with Gasteiger partial charge in [0.05, 0.1) is 7.11 Å². The molecule has 0 saturated carbocycles. The maximum atomic E-state index is 10.5. The number of carbonyl (C=O) groups excluding carboxylic acids is 2. The number of ketones is 1. The summed E-state index contributed by atoms with van der Waals surface area (Å²) in [5.41, 5.74) is 0. The highest BCUT2D eigenvalue weighted by Crippen LogP contribution is 1.84. The van der Waals surface area contributed by atoms with E-state index in [1.807, 2.05) is 0 Å². The summed E-state index contributed by atoms with van der Waals surface area (Å²) in [4.78, 5) is 20.8. The van der Waals surface area contributed by atoms with Crippen molar-refractivity contribution in [1.29, 1.82) is 0 Å². The van der Waals surface area contributed by atoms with Crippen molar-refractivity contribution in [2.45, 2.75) is 13.1 Å². The van der Waals surface area contributed by atoms with Gasteiger partial charge in [-0.1, -0.05) is 6.82 Å². The summed E-state index contributed by atoms with van der Waals surface area (Å²) in [5.74, 6) is -1.27. The van der Waals surface area contributed by atoms with Gasteiger partial charge in [-0.2, -0.15) is 0 Å². The Morgan fingerprint density at radius 2 is 2.11 bits per heavy atom. The third-order valence-electron chi connectivity index (χ3n) is 0.803. The molecule has 49 valence electrons. The summed E-state index contributed by atoms with van der Waals surface area (Å²) in [7, 11) is 2.80. The maximum Gasteiger partial charge on any atom is 0.373 e. The van der Waals surface area contributed by atoms with Crippen LogP contribution in [0.2, 0.25) is 13.1 Å². The van der Waals surface area contributed by atoms with E-state index >= 15 is 0 Å². The van der Waals surface area contributed by atoms with E-state index in [1.165, 1.54) is 7.11 Å². The van der Waals surface area contributed by atoms with E-state index < -0.39 is 11.8 Å². The molecular formula is C5H8BO3. The van der Waals surface area contributed by atoms with Gasteiger partial charge in [0.25, 0.3) is 0 Å². The third kappa shape index (κ3) is 2.90. The van der Waals surface area contributed by atoms with E-state index in [0.717, 1.165) is 0 Å². The van der Waals surface area contributed by atoms with Crippen LogP contribution in [0.25, 0.3) is 0 Å². The van der Waals surface area contributed by atoms with E-state index in [9.17, 15) is 9.59 Å². The Morgan fingerprint density at radius 3 is 2.44 bits per heavy atom. The molecule has 0 spiro atoms. The van der Waals surface area contributed by atoms with Gasteiger partial charge < -0.3 is 4.74 Å². The number of ether oxygens (including phenoxy) is 1. The van der Waals surface area contributed by atoms with Crippen LogP contribution >= 0.6 is 0 Å². The summed E-state index contributed by atoms with van der Waals surface area (Å²) in [6, 6.07) is 0. The summed E-state index contributed by atoms with van der Waals surface area (Å²) < 4.78 is 4.16. The molecule has 0 aromatic heterocycles. The van der Waals surface area contributed by atoms with E-state index in [2.05, 4.69) is 4.74 Å². The lowest BCUT2D eigenvalue weighted by molar-refractivity contribution is -0.150. The van der Waals surface area contributed by atoms with Gasteiger partial charge in [-0.05, 0) is 6.32 Å². The van der Waals surface area contributed by atoms with E-state index in [0.29, 0.717) is 0 Å². The minimum absolute atomic E-state index is 0.159. The first kappa shape index (κ1) is 8.20. The second kappa shape index (κ2) is 4.12. The number of hydrogen-bond acceptors (Lipinski definition) is 3. The van der Waals surface area contributed by atoms with Gasteiger partial charge >= 0.3 is 5.97 Å². The Balaban J connectivity index is 3.60. The second-order valence-corrected chi connectivity index (χ2v) is 1.53. The Bertz CT molecular complexity index is 121. The molecule has 1 radical (unpaired) electrons. The fraction of sp³-hybridized carbons (Fsp3) is 0.600. The molecule has 0 fully saturated rings.